The molecule has 0 bridgehead atoms. The van der Waals surface area contributed by atoms with Crippen molar-refractivity contribution in [2.45, 2.75) is 41.2 Å². The standard InChI is InChI=1S/C21H29N5OS/c1-6-24(7-2)13-14-25(20(27)17-11-12-22-26(17)8-3)21-23-18-15(4)9-10-16(5)19(18)28-21/h9-12H,6-8,13-14H2,1-5H3. The monoisotopic (exact) mass is 399 g/mol. The number of carbonyl (C=O) groups excluding carboxylic acids is 1. The van der Waals surface area contributed by atoms with Crippen LogP contribution in [0.3, 0.4) is 0 Å². The lowest BCUT2D eigenvalue weighted by molar-refractivity contribution is 0.0973. The van der Waals surface area contributed by atoms with Gasteiger partial charge in [0, 0.05) is 25.8 Å². The van der Waals surface area contributed by atoms with E-state index in [0.717, 1.165) is 40.5 Å². The normalized spacial score (nSPS) is 11.5. The van der Waals surface area contributed by atoms with E-state index in [1.807, 2.05) is 11.8 Å². The van der Waals surface area contributed by atoms with E-state index in [0.29, 0.717) is 18.8 Å². The van der Waals surface area contributed by atoms with Crippen LogP contribution in [-0.2, 0) is 6.54 Å². The molecule has 0 saturated carbocycles. The molecular formula is C21H29N5OS. The highest BCUT2D eigenvalue weighted by atomic mass is 32.1. The van der Waals surface area contributed by atoms with Crippen molar-refractivity contribution in [3.05, 3.63) is 41.2 Å². The molecule has 28 heavy (non-hydrogen) atoms. The number of hydrogen-bond acceptors (Lipinski definition) is 5. The summed E-state index contributed by atoms with van der Waals surface area (Å²) < 4.78 is 2.90. The number of benzene rings is 1. The molecular weight excluding hydrogens is 370 g/mol. The molecule has 0 aliphatic rings. The molecule has 0 atom stereocenters. The lowest BCUT2D eigenvalue weighted by Gasteiger charge is -2.24. The van der Waals surface area contributed by atoms with E-state index in [1.165, 1.54) is 5.56 Å². The maximum Gasteiger partial charge on any atom is 0.278 e. The van der Waals surface area contributed by atoms with Crippen molar-refractivity contribution < 1.29 is 4.79 Å². The topological polar surface area (TPSA) is 54.3 Å². The summed E-state index contributed by atoms with van der Waals surface area (Å²) in [4.78, 5) is 22.4. The van der Waals surface area contributed by atoms with Crippen LogP contribution < -0.4 is 4.90 Å². The lowest BCUT2D eigenvalue weighted by Crippen LogP contribution is -2.39. The summed E-state index contributed by atoms with van der Waals surface area (Å²) >= 11 is 1.60. The number of aryl methyl sites for hydroxylation is 3. The summed E-state index contributed by atoms with van der Waals surface area (Å²) in [5.41, 5.74) is 3.93. The third-order valence-corrected chi connectivity index (χ3v) is 6.39. The lowest BCUT2D eigenvalue weighted by atomic mass is 10.1. The summed E-state index contributed by atoms with van der Waals surface area (Å²) in [5.74, 6) is -0.0409. The van der Waals surface area contributed by atoms with Gasteiger partial charge in [0.15, 0.2) is 5.13 Å². The highest BCUT2D eigenvalue weighted by molar-refractivity contribution is 7.22. The van der Waals surface area contributed by atoms with Crippen molar-refractivity contribution in [1.82, 2.24) is 19.7 Å². The number of hydrogen-bond donors (Lipinski definition) is 0. The molecule has 1 aromatic carbocycles. The fraction of sp³-hybridized carbons (Fsp3) is 0.476. The van der Waals surface area contributed by atoms with Gasteiger partial charge in [-0.15, -0.1) is 0 Å². The summed E-state index contributed by atoms with van der Waals surface area (Å²) in [6, 6.07) is 6.00. The van der Waals surface area contributed by atoms with Crippen molar-refractivity contribution in [2.75, 3.05) is 31.1 Å². The molecule has 6 nitrogen and oxygen atoms in total. The van der Waals surface area contributed by atoms with Crippen LogP contribution in [-0.4, -0.2) is 51.8 Å². The van der Waals surface area contributed by atoms with Crippen LogP contribution in [0, 0.1) is 13.8 Å². The van der Waals surface area contributed by atoms with E-state index >= 15 is 0 Å². The maximum atomic E-state index is 13.4. The van der Waals surface area contributed by atoms with Crippen molar-refractivity contribution in [1.29, 1.82) is 0 Å². The van der Waals surface area contributed by atoms with Crippen molar-refractivity contribution in [3.63, 3.8) is 0 Å². The Labute approximate surface area is 170 Å². The zero-order valence-corrected chi connectivity index (χ0v) is 18.2. The number of rotatable bonds is 8. The smallest absolute Gasteiger partial charge is 0.278 e. The molecule has 2 heterocycles. The zero-order valence-electron chi connectivity index (χ0n) is 17.4. The van der Waals surface area contributed by atoms with Crippen molar-refractivity contribution >= 4 is 32.6 Å². The van der Waals surface area contributed by atoms with E-state index in [1.54, 1.807) is 28.3 Å². The summed E-state index contributed by atoms with van der Waals surface area (Å²) in [6.07, 6.45) is 1.69. The number of nitrogens with zero attached hydrogens (tertiary/aromatic N) is 5. The molecule has 7 heteroatoms. The van der Waals surface area contributed by atoms with Crippen LogP contribution in [0.25, 0.3) is 10.2 Å². The van der Waals surface area contributed by atoms with Crippen molar-refractivity contribution in [3.8, 4) is 0 Å². The molecule has 2 aromatic heterocycles. The first-order valence-electron chi connectivity index (χ1n) is 9.92. The van der Waals surface area contributed by atoms with Gasteiger partial charge in [0.25, 0.3) is 5.91 Å². The first-order chi connectivity index (χ1) is 13.5. The minimum Gasteiger partial charge on any atom is -0.302 e. The minimum atomic E-state index is -0.0409. The Morgan fingerprint density at radius 1 is 1.07 bits per heavy atom. The number of carbonyl (C=O) groups is 1. The summed E-state index contributed by atoms with van der Waals surface area (Å²) in [5, 5.41) is 5.03. The molecule has 150 valence electrons. The predicted octanol–water partition coefficient (Wildman–Crippen LogP) is 4.12. The third-order valence-electron chi connectivity index (χ3n) is 5.18. The summed E-state index contributed by atoms with van der Waals surface area (Å²) in [6.45, 7) is 14.5. The second-order valence-electron chi connectivity index (χ2n) is 6.89. The van der Waals surface area contributed by atoms with E-state index in [-0.39, 0.29) is 5.91 Å². The van der Waals surface area contributed by atoms with E-state index in [4.69, 9.17) is 4.98 Å². The number of amides is 1. The first kappa shape index (κ1) is 20.5. The Hall–Kier alpha value is -2.25. The van der Waals surface area contributed by atoms with Gasteiger partial charge in [-0.25, -0.2) is 4.98 Å². The maximum absolute atomic E-state index is 13.4. The SMILES string of the molecule is CCN(CC)CCN(C(=O)c1ccnn1CC)c1nc2c(C)ccc(C)c2s1. The molecule has 1 amide bonds. The van der Waals surface area contributed by atoms with Gasteiger partial charge in [0.2, 0.25) is 0 Å². The third kappa shape index (κ3) is 3.95. The van der Waals surface area contributed by atoms with E-state index in [9.17, 15) is 4.79 Å². The average molecular weight is 400 g/mol. The Morgan fingerprint density at radius 2 is 1.79 bits per heavy atom. The van der Waals surface area contributed by atoms with Gasteiger partial charge in [-0.3, -0.25) is 14.4 Å². The largest absolute Gasteiger partial charge is 0.302 e. The average Bonchev–Trinajstić information content (AvgIpc) is 3.35. The molecule has 3 rings (SSSR count). The summed E-state index contributed by atoms with van der Waals surface area (Å²) in [7, 11) is 0. The van der Waals surface area contributed by atoms with Gasteiger partial charge in [0.1, 0.15) is 5.69 Å². The van der Waals surface area contributed by atoms with Gasteiger partial charge in [-0.05, 0) is 51.1 Å². The Kier molecular flexibility index (Phi) is 6.46. The predicted molar refractivity (Wildman–Crippen MR) is 116 cm³/mol. The van der Waals surface area contributed by atoms with Crippen molar-refractivity contribution in [2.24, 2.45) is 0 Å². The quantitative estimate of drug-likeness (QED) is 0.572. The molecule has 0 saturated heterocycles. The van der Waals surface area contributed by atoms with E-state index in [2.05, 4.69) is 49.8 Å². The molecule has 0 unspecified atom stereocenters. The number of aromatic nitrogens is 3. The molecule has 0 fully saturated rings. The molecule has 0 aliphatic heterocycles. The van der Waals surface area contributed by atoms with E-state index < -0.39 is 0 Å². The second-order valence-corrected chi connectivity index (χ2v) is 7.87. The highest BCUT2D eigenvalue weighted by Gasteiger charge is 2.25. The van der Waals surface area contributed by atoms with Crippen LogP contribution in [0.5, 0.6) is 0 Å². The Balaban J connectivity index is 2.02. The van der Waals surface area contributed by atoms with Crippen LogP contribution >= 0.6 is 11.3 Å². The van der Waals surface area contributed by atoms with Gasteiger partial charge in [-0.1, -0.05) is 37.3 Å². The van der Waals surface area contributed by atoms with Crippen LogP contribution in [0.1, 0.15) is 42.4 Å². The van der Waals surface area contributed by atoms with Gasteiger partial charge < -0.3 is 4.90 Å². The second kappa shape index (κ2) is 8.84. The first-order valence-corrected chi connectivity index (χ1v) is 10.7. The fourth-order valence-corrected chi connectivity index (χ4v) is 4.47. The molecule has 0 spiro atoms. The van der Waals surface area contributed by atoms with Gasteiger partial charge >= 0.3 is 0 Å². The van der Waals surface area contributed by atoms with Crippen LogP contribution in [0.2, 0.25) is 0 Å². The highest BCUT2D eigenvalue weighted by Crippen LogP contribution is 2.33. The Bertz CT molecular complexity index is 918. The Morgan fingerprint density at radius 3 is 2.43 bits per heavy atom. The molecule has 0 radical (unpaired) electrons. The number of likely N-dealkylation sites (N-methyl/N-ethyl adjacent to an activating group) is 1. The number of thiazole rings is 1. The van der Waals surface area contributed by atoms with Crippen LogP contribution in [0.4, 0.5) is 5.13 Å². The molecule has 0 aliphatic carbocycles. The van der Waals surface area contributed by atoms with Crippen LogP contribution in [0.15, 0.2) is 24.4 Å². The zero-order chi connectivity index (χ0) is 20.3. The number of fused-ring (bicyclic) bond motifs is 1. The molecule has 3 aromatic rings. The van der Waals surface area contributed by atoms with Gasteiger partial charge in [-0.2, -0.15) is 5.10 Å². The van der Waals surface area contributed by atoms with Gasteiger partial charge in [0.05, 0.1) is 10.2 Å². The number of anilines is 1. The fourth-order valence-electron chi connectivity index (χ4n) is 3.33. The molecule has 0 N–H and O–H groups in total. The minimum absolute atomic E-state index is 0.0409.